The molecule has 0 saturated carbocycles. The standard InChI is InChI=1S/C21H22ClFN2O2S/c1-2-3-12-24-19(26)18-13-28-21(14-8-10-15(23)11-9-14)25(18)20(27)16-6-4-5-7-17(16)22/h4-11,18,21H,2-3,12-13H2,1H3,(H,24,26)/t18-,21-/m1/s1. The van der Waals surface area contributed by atoms with Gasteiger partial charge in [-0.05, 0) is 36.2 Å². The largest absolute Gasteiger partial charge is 0.354 e. The summed E-state index contributed by atoms with van der Waals surface area (Å²) in [5, 5.41) is 2.88. The molecule has 0 aliphatic carbocycles. The Labute approximate surface area is 173 Å². The molecule has 2 atom stereocenters. The fourth-order valence-electron chi connectivity index (χ4n) is 3.12. The van der Waals surface area contributed by atoms with Gasteiger partial charge in [0.2, 0.25) is 5.91 Å². The third-order valence-electron chi connectivity index (χ3n) is 4.63. The van der Waals surface area contributed by atoms with E-state index in [2.05, 4.69) is 12.2 Å². The number of nitrogens with one attached hydrogen (secondary N) is 1. The van der Waals surface area contributed by atoms with E-state index >= 15 is 0 Å². The van der Waals surface area contributed by atoms with E-state index in [0.717, 1.165) is 18.4 Å². The van der Waals surface area contributed by atoms with E-state index in [9.17, 15) is 14.0 Å². The molecule has 0 bridgehead atoms. The lowest BCUT2D eigenvalue weighted by Crippen LogP contribution is -2.48. The number of nitrogens with zero attached hydrogens (tertiary/aromatic N) is 1. The number of carbonyl (C=O) groups is 2. The minimum Gasteiger partial charge on any atom is -0.354 e. The van der Waals surface area contributed by atoms with Crippen molar-refractivity contribution in [2.45, 2.75) is 31.2 Å². The van der Waals surface area contributed by atoms with Crippen LogP contribution in [0.5, 0.6) is 0 Å². The Morgan fingerprint density at radius 1 is 1.21 bits per heavy atom. The third-order valence-corrected chi connectivity index (χ3v) is 6.28. The molecule has 4 nitrogen and oxygen atoms in total. The van der Waals surface area contributed by atoms with Crippen molar-refractivity contribution >= 4 is 35.2 Å². The fraction of sp³-hybridized carbons (Fsp3) is 0.333. The van der Waals surface area contributed by atoms with Crippen LogP contribution in [0, 0.1) is 5.82 Å². The maximum atomic E-state index is 13.4. The number of carbonyl (C=O) groups excluding carboxylic acids is 2. The summed E-state index contributed by atoms with van der Waals surface area (Å²) in [6, 6.07) is 12.2. The van der Waals surface area contributed by atoms with Gasteiger partial charge in [-0.3, -0.25) is 9.59 Å². The molecule has 0 spiro atoms. The summed E-state index contributed by atoms with van der Waals surface area (Å²) in [5.74, 6) is -0.355. The van der Waals surface area contributed by atoms with Gasteiger partial charge in [0.1, 0.15) is 17.2 Å². The van der Waals surface area contributed by atoms with Crippen molar-refractivity contribution in [2.75, 3.05) is 12.3 Å². The minimum absolute atomic E-state index is 0.175. The van der Waals surface area contributed by atoms with Crippen LogP contribution in [0.1, 0.15) is 41.1 Å². The number of rotatable bonds is 6. The first kappa shape index (κ1) is 20.7. The smallest absolute Gasteiger partial charge is 0.257 e. The molecule has 7 heteroatoms. The monoisotopic (exact) mass is 420 g/mol. The highest BCUT2D eigenvalue weighted by atomic mass is 35.5. The molecule has 2 aromatic carbocycles. The predicted molar refractivity (Wildman–Crippen MR) is 111 cm³/mol. The summed E-state index contributed by atoms with van der Waals surface area (Å²) in [5.41, 5.74) is 1.13. The Balaban J connectivity index is 1.92. The molecule has 2 amide bonds. The van der Waals surface area contributed by atoms with Crippen LogP contribution in [0.25, 0.3) is 0 Å². The van der Waals surface area contributed by atoms with E-state index in [-0.39, 0.29) is 23.0 Å². The summed E-state index contributed by atoms with van der Waals surface area (Å²) in [6.45, 7) is 2.63. The summed E-state index contributed by atoms with van der Waals surface area (Å²) < 4.78 is 13.4. The molecule has 28 heavy (non-hydrogen) atoms. The van der Waals surface area contributed by atoms with Crippen LogP contribution in [0.3, 0.4) is 0 Å². The zero-order valence-corrected chi connectivity index (χ0v) is 17.1. The van der Waals surface area contributed by atoms with E-state index in [1.807, 2.05) is 0 Å². The molecule has 0 radical (unpaired) electrons. The molecule has 1 N–H and O–H groups in total. The number of halogens is 2. The minimum atomic E-state index is -0.610. The Bertz CT molecular complexity index is 847. The van der Waals surface area contributed by atoms with Gasteiger partial charge in [0.05, 0.1) is 10.6 Å². The topological polar surface area (TPSA) is 49.4 Å². The van der Waals surface area contributed by atoms with Crippen LogP contribution in [0.4, 0.5) is 4.39 Å². The molecule has 148 valence electrons. The number of amides is 2. The van der Waals surface area contributed by atoms with Crippen molar-refractivity contribution in [3.8, 4) is 0 Å². The van der Waals surface area contributed by atoms with Crippen LogP contribution in [0.2, 0.25) is 5.02 Å². The molecule has 1 aliphatic rings. The number of benzene rings is 2. The van der Waals surface area contributed by atoms with E-state index < -0.39 is 6.04 Å². The normalized spacial score (nSPS) is 18.9. The second-order valence-corrected chi connectivity index (χ2v) is 8.11. The Morgan fingerprint density at radius 3 is 2.61 bits per heavy atom. The highest BCUT2D eigenvalue weighted by molar-refractivity contribution is 7.99. The van der Waals surface area contributed by atoms with E-state index in [1.54, 1.807) is 41.3 Å². The number of thioether (sulfide) groups is 1. The zero-order valence-electron chi connectivity index (χ0n) is 15.5. The first-order valence-electron chi connectivity index (χ1n) is 9.25. The molecule has 2 aromatic rings. The van der Waals surface area contributed by atoms with Gasteiger partial charge in [-0.25, -0.2) is 4.39 Å². The summed E-state index contributed by atoms with van der Waals surface area (Å²) in [7, 11) is 0. The van der Waals surface area contributed by atoms with Gasteiger partial charge in [0.25, 0.3) is 5.91 Å². The van der Waals surface area contributed by atoms with Crippen molar-refractivity contribution in [3.05, 3.63) is 70.5 Å². The van der Waals surface area contributed by atoms with Crippen molar-refractivity contribution in [1.82, 2.24) is 10.2 Å². The van der Waals surface area contributed by atoms with Crippen LogP contribution < -0.4 is 5.32 Å². The van der Waals surface area contributed by atoms with Crippen molar-refractivity contribution in [3.63, 3.8) is 0 Å². The molecular weight excluding hydrogens is 399 g/mol. The third kappa shape index (κ3) is 4.50. The van der Waals surface area contributed by atoms with E-state index in [1.165, 1.54) is 23.9 Å². The number of hydrogen-bond acceptors (Lipinski definition) is 3. The van der Waals surface area contributed by atoms with Crippen molar-refractivity contribution in [2.24, 2.45) is 0 Å². The lowest BCUT2D eigenvalue weighted by atomic mass is 10.1. The maximum Gasteiger partial charge on any atom is 0.257 e. The highest BCUT2D eigenvalue weighted by Crippen LogP contribution is 2.42. The number of unbranched alkanes of at least 4 members (excludes halogenated alkanes) is 1. The molecule has 1 fully saturated rings. The molecule has 1 saturated heterocycles. The van der Waals surface area contributed by atoms with Crippen LogP contribution in [-0.4, -0.2) is 35.1 Å². The van der Waals surface area contributed by atoms with Crippen LogP contribution in [0.15, 0.2) is 48.5 Å². The predicted octanol–water partition coefficient (Wildman–Crippen LogP) is 4.65. The SMILES string of the molecule is CCCCNC(=O)[C@H]1CS[C@H](c2ccc(F)cc2)N1C(=O)c1ccccc1Cl. The number of hydrogen-bond donors (Lipinski definition) is 1. The highest BCUT2D eigenvalue weighted by Gasteiger charge is 2.42. The average Bonchev–Trinajstić information content (AvgIpc) is 3.13. The van der Waals surface area contributed by atoms with Gasteiger partial charge in [-0.1, -0.05) is 49.2 Å². The van der Waals surface area contributed by atoms with Crippen molar-refractivity contribution < 1.29 is 14.0 Å². The van der Waals surface area contributed by atoms with Gasteiger partial charge < -0.3 is 10.2 Å². The average molecular weight is 421 g/mol. The molecule has 1 heterocycles. The van der Waals surface area contributed by atoms with Gasteiger partial charge in [-0.2, -0.15) is 0 Å². The molecule has 0 unspecified atom stereocenters. The maximum absolute atomic E-state index is 13.4. The lowest BCUT2D eigenvalue weighted by molar-refractivity contribution is -0.124. The molecule has 1 aliphatic heterocycles. The van der Waals surface area contributed by atoms with E-state index in [4.69, 9.17) is 11.6 Å². The molecule has 0 aromatic heterocycles. The first-order valence-corrected chi connectivity index (χ1v) is 10.7. The Morgan fingerprint density at radius 2 is 1.93 bits per heavy atom. The zero-order chi connectivity index (χ0) is 20.1. The van der Waals surface area contributed by atoms with Crippen LogP contribution >= 0.6 is 23.4 Å². The molecule has 3 rings (SSSR count). The summed E-state index contributed by atoms with van der Waals surface area (Å²) in [6.07, 6.45) is 1.85. The second kappa shape index (κ2) is 9.43. The second-order valence-electron chi connectivity index (χ2n) is 6.59. The quantitative estimate of drug-likeness (QED) is 0.692. The lowest BCUT2D eigenvalue weighted by Gasteiger charge is -2.29. The van der Waals surface area contributed by atoms with Gasteiger partial charge in [-0.15, -0.1) is 11.8 Å². The van der Waals surface area contributed by atoms with Crippen molar-refractivity contribution in [1.29, 1.82) is 0 Å². The molecular formula is C21H22ClFN2O2S. The fourth-order valence-corrected chi connectivity index (χ4v) is 4.77. The Kier molecular flexibility index (Phi) is 6.97. The summed E-state index contributed by atoms with van der Waals surface area (Å²) in [4.78, 5) is 27.7. The Hall–Kier alpha value is -2.05. The first-order chi connectivity index (χ1) is 13.5. The van der Waals surface area contributed by atoms with Crippen LogP contribution in [-0.2, 0) is 4.79 Å². The summed E-state index contributed by atoms with van der Waals surface area (Å²) >= 11 is 7.73. The van der Waals surface area contributed by atoms with Gasteiger partial charge >= 0.3 is 0 Å². The van der Waals surface area contributed by atoms with Gasteiger partial charge in [0.15, 0.2) is 0 Å². The van der Waals surface area contributed by atoms with E-state index in [0.29, 0.717) is 22.9 Å². The van der Waals surface area contributed by atoms with Gasteiger partial charge in [0, 0.05) is 12.3 Å².